The molecule has 1 amide bonds. The van der Waals surface area contributed by atoms with E-state index in [1.165, 1.54) is 0 Å². The van der Waals surface area contributed by atoms with Crippen molar-refractivity contribution in [1.82, 2.24) is 4.57 Å². The molecule has 6 nitrogen and oxygen atoms in total. The van der Waals surface area contributed by atoms with Crippen LogP contribution in [0.1, 0.15) is 35.8 Å². The number of nitrogens with zero attached hydrogens (tertiary/aromatic N) is 1. The van der Waals surface area contributed by atoms with Crippen LogP contribution in [0.3, 0.4) is 0 Å². The van der Waals surface area contributed by atoms with Gasteiger partial charge in [-0.2, -0.15) is 0 Å². The number of hydrogen-bond acceptors (Lipinski definition) is 4. The van der Waals surface area contributed by atoms with Crippen molar-refractivity contribution in [3.63, 3.8) is 0 Å². The number of anilines is 1. The minimum atomic E-state index is -0.553. The highest BCUT2D eigenvalue weighted by molar-refractivity contribution is 6.03. The molecule has 4 aromatic rings. The van der Waals surface area contributed by atoms with Crippen molar-refractivity contribution in [3.05, 3.63) is 90.1 Å². The number of ketones is 1. The lowest BCUT2D eigenvalue weighted by Crippen LogP contribution is -2.34. The average Bonchev–Trinajstić information content (AvgIpc) is 3.28. The van der Waals surface area contributed by atoms with Gasteiger partial charge in [-0.15, -0.1) is 0 Å². The predicted octanol–water partition coefficient (Wildman–Crippen LogP) is 5.38. The Morgan fingerprint density at radius 3 is 2.73 bits per heavy atom. The standard InChI is InChI=1S/C27H24N2O4/c1-17(26(30)20-11-12-25-22(15-20)28-27(31)18(2)33-25)29-14-13-21-23(29)9-6-10-24(21)32-16-19-7-4-3-5-8-19/h3-15,17-18H,16H2,1-2H3,(H,28,31). The van der Waals surface area contributed by atoms with Gasteiger partial charge in [0.25, 0.3) is 5.91 Å². The molecule has 1 aromatic heterocycles. The Kier molecular flexibility index (Phi) is 5.34. The smallest absolute Gasteiger partial charge is 0.265 e. The minimum Gasteiger partial charge on any atom is -0.488 e. The zero-order valence-corrected chi connectivity index (χ0v) is 18.4. The molecule has 1 aliphatic heterocycles. The van der Waals surface area contributed by atoms with Crippen molar-refractivity contribution in [2.45, 2.75) is 32.6 Å². The number of Topliss-reactive ketones (excluding diaryl/α,β-unsaturated/α-hetero) is 1. The molecule has 0 saturated carbocycles. The number of carbonyl (C=O) groups excluding carboxylic acids is 2. The molecule has 0 radical (unpaired) electrons. The van der Waals surface area contributed by atoms with Gasteiger partial charge in [0.05, 0.1) is 17.2 Å². The summed E-state index contributed by atoms with van der Waals surface area (Å²) in [4.78, 5) is 25.3. The molecule has 166 valence electrons. The number of nitrogens with one attached hydrogen (secondary N) is 1. The van der Waals surface area contributed by atoms with Crippen LogP contribution in [0, 0.1) is 0 Å². The molecule has 0 fully saturated rings. The quantitative estimate of drug-likeness (QED) is 0.409. The number of benzene rings is 3. The number of carbonyl (C=O) groups is 2. The monoisotopic (exact) mass is 440 g/mol. The third-order valence-electron chi connectivity index (χ3n) is 5.95. The SMILES string of the molecule is CC1Oc2ccc(C(=O)C(C)n3ccc4c(OCc5ccccc5)cccc43)cc2NC1=O. The molecule has 1 aliphatic rings. The third-order valence-corrected chi connectivity index (χ3v) is 5.95. The first-order valence-electron chi connectivity index (χ1n) is 10.9. The Morgan fingerprint density at radius 1 is 1.09 bits per heavy atom. The highest BCUT2D eigenvalue weighted by Crippen LogP contribution is 2.33. The lowest BCUT2D eigenvalue weighted by atomic mass is 10.0. The summed E-state index contributed by atoms with van der Waals surface area (Å²) in [5.74, 6) is 1.06. The number of fused-ring (bicyclic) bond motifs is 2. The molecule has 1 N–H and O–H groups in total. The van der Waals surface area contributed by atoms with E-state index >= 15 is 0 Å². The first kappa shape index (κ1) is 20.8. The largest absolute Gasteiger partial charge is 0.488 e. The van der Waals surface area contributed by atoms with Crippen LogP contribution in [-0.2, 0) is 11.4 Å². The van der Waals surface area contributed by atoms with Crippen molar-refractivity contribution in [2.24, 2.45) is 0 Å². The molecule has 6 heteroatoms. The maximum Gasteiger partial charge on any atom is 0.265 e. The van der Waals surface area contributed by atoms with Gasteiger partial charge in [0.2, 0.25) is 0 Å². The van der Waals surface area contributed by atoms with E-state index in [0.29, 0.717) is 23.6 Å². The second kappa shape index (κ2) is 8.47. The summed E-state index contributed by atoms with van der Waals surface area (Å²) >= 11 is 0. The second-order valence-corrected chi connectivity index (χ2v) is 8.19. The van der Waals surface area contributed by atoms with Gasteiger partial charge in [-0.25, -0.2) is 0 Å². The summed E-state index contributed by atoms with van der Waals surface area (Å²) in [5, 5.41) is 3.76. The van der Waals surface area contributed by atoms with Crippen LogP contribution in [0.15, 0.2) is 79.0 Å². The van der Waals surface area contributed by atoms with E-state index in [9.17, 15) is 9.59 Å². The van der Waals surface area contributed by atoms with Crippen LogP contribution in [0.25, 0.3) is 10.9 Å². The average molecular weight is 440 g/mol. The van der Waals surface area contributed by atoms with E-state index < -0.39 is 12.1 Å². The van der Waals surface area contributed by atoms with Gasteiger partial charge in [-0.05, 0) is 55.8 Å². The van der Waals surface area contributed by atoms with Crippen molar-refractivity contribution in [1.29, 1.82) is 0 Å². The Hall–Kier alpha value is -4.06. The summed E-state index contributed by atoms with van der Waals surface area (Å²) in [6.45, 7) is 4.03. The number of ether oxygens (including phenoxy) is 2. The molecule has 0 spiro atoms. The highest BCUT2D eigenvalue weighted by Gasteiger charge is 2.26. The number of amides is 1. The number of hydrogen-bond donors (Lipinski definition) is 1. The van der Waals surface area contributed by atoms with Gasteiger partial charge >= 0.3 is 0 Å². The first-order chi connectivity index (χ1) is 16.0. The molecule has 0 bridgehead atoms. The zero-order chi connectivity index (χ0) is 22.9. The lowest BCUT2D eigenvalue weighted by Gasteiger charge is -2.24. The van der Waals surface area contributed by atoms with Gasteiger partial charge in [0.1, 0.15) is 18.1 Å². The van der Waals surface area contributed by atoms with E-state index in [4.69, 9.17) is 9.47 Å². The molecule has 2 heterocycles. The first-order valence-corrected chi connectivity index (χ1v) is 10.9. The third kappa shape index (κ3) is 3.96. The Labute approximate surface area is 191 Å². The Bertz CT molecular complexity index is 1340. The summed E-state index contributed by atoms with van der Waals surface area (Å²) in [5.41, 5.74) is 3.04. The molecule has 3 aromatic carbocycles. The predicted molar refractivity (Wildman–Crippen MR) is 127 cm³/mol. The van der Waals surface area contributed by atoms with E-state index in [-0.39, 0.29) is 11.7 Å². The zero-order valence-electron chi connectivity index (χ0n) is 18.4. The van der Waals surface area contributed by atoms with Crippen LogP contribution in [0.5, 0.6) is 11.5 Å². The van der Waals surface area contributed by atoms with Crippen LogP contribution < -0.4 is 14.8 Å². The topological polar surface area (TPSA) is 69.6 Å². The van der Waals surface area contributed by atoms with Gasteiger partial charge < -0.3 is 19.4 Å². The molecule has 0 saturated heterocycles. The van der Waals surface area contributed by atoms with Gasteiger partial charge in [-0.3, -0.25) is 9.59 Å². The van der Waals surface area contributed by atoms with Crippen molar-refractivity contribution in [2.75, 3.05) is 5.32 Å². The molecule has 0 aliphatic carbocycles. The Morgan fingerprint density at radius 2 is 1.91 bits per heavy atom. The summed E-state index contributed by atoms with van der Waals surface area (Å²) in [6.07, 6.45) is 1.36. The molecule has 2 unspecified atom stereocenters. The molecule has 5 rings (SSSR count). The van der Waals surface area contributed by atoms with Crippen LogP contribution >= 0.6 is 0 Å². The summed E-state index contributed by atoms with van der Waals surface area (Å²) < 4.78 is 13.6. The van der Waals surface area contributed by atoms with Crippen molar-refractivity contribution < 1.29 is 19.1 Å². The van der Waals surface area contributed by atoms with E-state index in [2.05, 4.69) is 5.32 Å². The van der Waals surface area contributed by atoms with E-state index in [1.54, 1.807) is 25.1 Å². The number of rotatable bonds is 6. The summed E-state index contributed by atoms with van der Waals surface area (Å²) in [7, 11) is 0. The van der Waals surface area contributed by atoms with Gasteiger partial charge in [0, 0.05) is 17.1 Å². The molecule has 33 heavy (non-hydrogen) atoms. The maximum absolute atomic E-state index is 13.3. The van der Waals surface area contributed by atoms with Crippen molar-refractivity contribution in [3.8, 4) is 11.5 Å². The molecular formula is C27H24N2O4. The Balaban J connectivity index is 1.40. The lowest BCUT2D eigenvalue weighted by molar-refractivity contribution is -0.122. The highest BCUT2D eigenvalue weighted by atomic mass is 16.5. The number of aromatic nitrogens is 1. The van der Waals surface area contributed by atoms with Gasteiger partial charge in [-0.1, -0.05) is 36.4 Å². The van der Waals surface area contributed by atoms with Crippen LogP contribution in [0.2, 0.25) is 0 Å². The van der Waals surface area contributed by atoms with Crippen molar-refractivity contribution >= 4 is 28.3 Å². The normalized spacial score (nSPS) is 15.9. The fourth-order valence-electron chi connectivity index (χ4n) is 4.09. The molecular weight excluding hydrogens is 416 g/mol. The second-order valence-electron chi connectivity index (χ2n) is 8.19. The maximum atomic E-state index is 13.3. The van der Waals surface area contributed by atoms with Crippen LogP contribution in [0.4, 0.5) is 5.69 Å². The fraction of sp³-hybridized carbons (Fsp3) is 0.185. The van der Waals surface area contributed by atoms with Gasteiger partial charge in [0.15, 0.2) is 11.9 Å². The van der Waals surface area contributed by atoms with E-state index in [0.717, 1.165) is 22.2 Å². The van der Waals surface area contributed by atoms with Crippen LogP contribution in [-0.4, -0.2) is 22.4 Å². The fourth-order valence-corrected chi connectivity index (χ4v) is 4.09. The minimum absolute atomic E-state index is 0.0567. The molecule has 2 atom stereocenters. The summed E-state index contributed by atoms with van der Waals surface area (Å²) in [6, 6.07) is 22.5. The van der Waals surface area contributed by atoms with E-state index in [1.807, 2.05) is 72.3 Å².